The highest BCUT2D eigenvalue weighted by atomic mass is 16.5. The zero-order valence-electron chi connectivity index (χ0n) is 14.7. The van der Waals surface area contributed by atoms with Crippen LogP contribution in [-0.4, -0.2) is 78.5 Å². The van der Waals surface area contributed by atoms with Crippen molar-refractivity contribution in [1.29, 1.82) is 0 Å². The van der Waals surface area contributed by atoms with Crippen molar-refractivity contribution in [3.63, 3.8) is 0 Å². The number of nitrogens with zero attached hydrogens (tertiary/aromatic N) is 4. The second-order valence-corrected chi connectivity index (χ2v) is 5.71. The summed E-state index contributed by atoms with van der Waals surface area (Å²) in [6, 6.07) is -0.171. The third-order valence-electron chi connectivity index (χ3n) is 4.24. The van der Waals surface area contributed by atoms with E-state index >= 15 is 0 Å². The number of amides is 2. The van der Waals surface area contributed by atoms with Crippen molar-refractivity contribution in [2.45, 2.75) is 32.5 Å². The first-order valence-corrected chi connectivity index (χ1v) is 8.43. The van der Waals surface area contributed by atoms with Gasteiger partial charge in [-0.15, -0.1) is 5.10 Å². The molecule has 9 nitrogen and oxygen atoms in total. The summed E-state index contributed by atoms with van der Waals surface area (Å²) >= 11 is 0. The zero-order valence-corrected chi connectivity index (χ0v) is 14.7. The number of hydrogen-bond donors (Lipinski definition) is 2. The van der Waals surface area contributed by atoms with Crippen molar-refractivity contribution in [3.8, 4) is 0 Å². The summed E-state index contributed by atoms with van der Waals surface area (Å²) in [5.74, 6) is 0. The van der Waals surface area contributed by atoms with E-state index in [4.69, 9.17) is 9.47 Å². The molecule has 1 aliphatic rings. The van der Waals surface area contributed by atoms with Gasteiger partial charge in [0.25, 0.3) is 0 Å². The van der Waals surface area contributed by atoms with Gasteiger partial charge in [0.05, 0.1) is 26.0 Å². The van der Waals surface area contributed by atoms with Gasteiger partial charge >= 0.3 is 6.03 Å². The van der Waals surface area contributed by atoms with Gasteiger partial charge in [-0.05, 0) is 13.1 Å². The molecule has 2 amide bonds. The van der Waals surface area contributed by atoms with Crippen LogP contribution < -0.4 is 10.6 Å². The standard InChI is InChI=1S/C15H28N6O3/c1-4-20(5-2)7-6-16-15(22)17-8-12-9-21(19-18-12)13-10-24-11-14(13)23-3/h9,13-14H,4-8,10-11H2,1-3H3,(H2,16,17,22)/t13-,14-/m1/s1. The predicted molar refractivity (Wildman–Crippen MR) is 88.7 cm³/mol. The van der Waals surface area contributed by atoms with Crippen molar-refractivity contribution < 1.29 is 14.3 Å². The van der Waals surface area contributed by atoms with E-state index in [1.807, 2.05) is 6.20 Å². The number of nitrogens with one attached hydrogen (secondary N) is 2. The van der Waals surface area contributed by atoms with Crippen LogP contribution in [0.2, 0.25) is 0 Å². The largest absolute Gasteiger partial charge is 0.377 e. The first-order valence-electron chi connectivity index (χ1n) is 8.43. The molecular weight excluding hydrogens is 312 g/mol. The molecule has 1 saturated heterocycles. The zero-order chi connectivity index (χ0) is 17.4. The highest BCUT2D eigenvalue weighted by Crippen LogP contribution is 2.20. The van der Waals surface area contributed by atoms with Crippen LogP contribution in [-0.2, 0) is 16.0 Å². The first-order chi connectivity index (χ1) is 11.7. The van der Waals surface area contributed by atoms with Crippen LogP contribution in [0.15, 0.2) is 6.20 Å². The van der Waals surface area contributed by atoms with E-state index in [1.54, 1.807) is 11.8 Å². The highest BCUT2D eigenvalue weighted by molar-refractivity contribution is 5.73. The summed E-state index contributed by atoms with van der Waals surface area (Å²) in [6.45, 7) is 9.09. The van der Waals surface area contributed by atoms with Gasteiger partial charge in [0.2, 0.25) is 0 Å². The van der Waals surface area contributed by atoms with E-state index in [1.165, 1.54) is 0 Å². The summed E-state index contributed by atoms with van der Waals surface area (Å²) < 4.78 is 12.5. The Labute approximate surface area is 142 Å². The Balaban J connectivity index is 1.72. The topological polar surface area (TPSA) is 93.5 Å². The number of rotatable bonds is 9. The summed E-state index contributed by atoms with van der Waals surface area (Å²) in [6.07, 6.45) is 1.80. The van der Waals surface area contributed by atoms with Crippen LogP contribution in [0.3, 0.4) is 0 Å². The molecular formula is C15H28N6O3. The Bertz CT molecular complexity index is 505. The molecule has 0 saturated carbocycles. The van der Waals surface area contributed by atoms with Gasteiger partial charge in [-0.2, -0.15) is 0 Å². The van der Waals surface area contributed by atoms with E-state index in [9.17, 15) is 4.79 Å². The highest BCUT2D eigenvalue weighted by Gasteiger charge is 2.30. The Hall–Kier alpha value is -1.71. The predicted octanol–water partition coefficient (Wildman–Crippen LogP) is 0.00540. The summed E-state index contributed by atoms with van der Waals surface area (Å²) in [4.78, 5) is 14.1. The van der Waals surface area contributed by atoms with E-state index in [2.05, 4.69) is 39.7 Å². The lowest BCUT2D eigenvalue weighted by atomic mass is 10.2. The van der Waals surface area contributed by atoms with Crippen molar-refractivity contribution in [1.82, 2.24) is 30.5 Å². The molecule has 2 N–H and O–H groups in total. The summed E-state index contributed by atoms with van der Waals surface area (Å²) in [7, 11) is 1.66. The molecule has 0 bridgehead atoms. The van der Waals surface area contributed by atoms with Crippen LogP contribution in [0.25, 0.3) is 0 Å². The van der Waals surface area contributed by atoms with Gasteiger partial charge in [-0.25, -0.2) is 9.48 Å². The monoisotopic (exact) mass is 340 g/mol. The van der Waals surface area contributed by atoms with E-state index in [0.717, 1.165) is 19.6 Å². The molecule has 1 aliphatic heterocycles. The van der Waals surface area contributed by atoms with Crippen LogP contribution in [0.4, 0.5) is 4.79 Å². The molecule has 0 aromatic carbocycles. The van der Waals surface area contributed by atoms with Gasteiger partial charge in [0, 0.05) is 20.2 Å². The van der Waals surface area contributed by atoms with Gasteiger partial charge in [-0.1, -0.05) is 19.1 Å². The third-order valence-corrected chi connectivity index (χ3v) is 4.24. The summed E-state index contributed by atoms with van der Waals surface area (Å²) in [5.41, 5.74) is 0.704. The normalized spacial score (nSPS) is 20.5. The molecule has 2 rings (SSSR count). The van der Waals surface area contributed by atoms with Crippen LogP contribution in [0.1, 0.15) is 25.6 Å². The second-order valence-electron chi connectivity index (χ2n) is 5.71. The van der Waals surface area contributed by atoms with Crippen molar-refractivity contribution >= 4 is 6.03 Å². The van der Waals surface area contributed by atoms with Crippen LogP contribution >= 0.6 is 0 Å². The molecule has 1 aromatic heterocycles. The number of ether oxygens (including phenoxy) is 2. The fourth-order valence-electron chi connectivity index (χ4n) is 2.65. The minimum atomic E-state index is -0.198. The molecule has 136 valence electrons. The van der Waals surface area contributed by atoms with Crippen LogP contribution in [0, 0.1) is 0 Å². The fraction of sp³-hybridized carbons (Fsp3) is 0.800. The molecule has 1 fully saturated rings. The van der Waals surface area contributed by atoms with Gasteiger partial charge in [-0.3, -0.25) is 0 Å². The maximum atomic E-state index is 11.8. The number of carbonyl (C=O) groups is 1. The lowest BCUT2D eigenvalue weighted by molar-refractivity contribution is 0.0661. The van der Waals surface area contributed by atoms with Crippen molar-refractivity contribution in [2.75, 3.05) is 46.5 Å². The molecule has 0 unspecified atom stereocenters. The lowest BCUT2D eigenvalue weighted by Gasteiger charge is -2.17. The molecule has 2 heterocycles. The maximum absolute atomic E-state index is 11.8. The van der Waals surface area contributed by atoms with Gasteiger partial charge < -0.3 is 25.0 Å². The minimum Gasteiger partial charge on any atom is -0.377 e. The average molecular weight is 340 g/mol. The van der Waals surface area contributed by atoms with Gasteiger partial charge in [0.1, 0.15) is 17.8 Å². The van der Waals surface area contributed by atoms with E-state index in [-0.39, 0.29) is 18.2 Å². The Morgan fingerprint density at radius 3 is 2.92 bits per heavy atom. The van der Waals surface area contributed by atoms with Crippen molar-refractivity contribution in [3.05, 3.63) is 11.9 Å². The molecule has 24 heavy (non-hydrogen) atoms. The Morgan fingerprint density at radius 1 is 1.42 bits per heavy atom. The molecule has 0 aliphatic carbocycles. The Kier molecular flexibility index (Phi) is 7.41. The average Bonchev–Trinajstić information content (AvgIpc) is 3.25. The SMILES string of the molecule is CCN(CC)CCNC(=O)NCc1cn([C@@H]2COC[C@H]2OC)nn1. The third kappa shape index (κ3) is 5.15. The molecule has 2 atom stereocenters. The number of aromatic nitrogens is 3. The quantitative estimate of drug-likeness (QED) is 0.657. The molecule has 0 spiro atoms. The van der Waals surface area contributed by atoms with Crippen LogP contribution in [0.5, 0.6) is 0 Å². The minimum absolute atomic E-state index is 0.0177. The molecule has 9 heteroatoms. The number of methoxy groups -OCH3 is 1. The Morgan fingerprint density at radius 2 is 2.21 bits per heavy atom. The fourth-order valence-corrected chi connectivity index (χ4v) is 2.65. The molecule has 0 radical (unpaired) electrons. The second kappa shape index (κ2) is 9.55. The maximum Gasteiger partial charge on any atom is 0.315 e. The first kappa shape index (κ1) is 18.6. The summed E-state index contributed by atoms with van der Waals surface area (Å²) in [5, 5.41) is 13.8. The number of carbonyl (C=O) groups excluding carboxylic acids is 1. The van der Waals surface area contributed by atoms with Gasteiger partial charge in [0.15, 0.2) is 0 Å². The van der Waals surface area contributed by atoms with Crippen molar-refractivity contribution in [2.24, 2.45) is 0 Å². The molecule has 1 aromatic rings. The lowest BCUT2D eigenvalue weighted by Crippen LogP contribution is -2.40. The smallest absolute Gasteiger partial charge is 0.315 e. The number of hydrogen-bond acceptors (Lipinski definition) is 6. The van der Waals surface area contributed by atoms with E-state index in [0.29, 0.717) is 32.0 Å². The van der Waals surface area contributed by atoms with E-state index < -0.39 is 0 Å². The number of likely N-dealkylation sites (N-methyl/N-ethyl adjacent to an activating group) is 1. The number of urea groups is 1.